The van der Waals surface area contributed by atoms with Crippen molar-refractivity contribution in [1.82, 2.24) is 20.4 Å². The van der Waals surface area contributed by atoms with Crippen molar-refractivity contribution in [3.63, 3.8) is 0 Å². The second kappa shape index (κ2) is 9.33. The van der Waals surface area contributed by atoms with Crippen LogP contribution in [0.15, 0.2) is 30.3 Å². The molecule has 0 spiro atoms. The molecule has 1 aliphatic rings. The van der Waals surface area contributed by atoms with Gasteiger partial charge in [0.1, 0.15) is 0 Å². The second-order valence-electron chi connectivity index (χ2n) is 6.68. The number of imide groups is 1. The van der Waals surface area contributed by atoms with Crippen molar-refractivity contribution >= 4 is 17.8 Å². The van der Waals surface area contributed by atoms with Gasteiger partial charge >= 0.3 is 6.03 Å². The molecule has 0 saturated carbocycles. The molecule has 0 unspecified atom stereocenters. The highest BCUT2D eigenvalue weighted by Gasteiger charge is 2.28. The van der Waals surface area contributed by atoms with E-state index in [-0.39, 0.29) is 17.7 Å². The molecule has 2 rings (SSSR count). The Hall–Kier alpha value is -2.41. The molecule has 1 saturated heterocycles. The Morgan fingerprint density at radius 2 is 1.65 bits per heavy atom. The predicted molar refractivity (Wildman–Crippen MR) is 99.7 cm³/mol. The van der Waals surface area contributed by atoms with Crippen LogP contribution < -0.4 is 10.6 Å². The maximum absolute atomic E-state index is 12.6. The Balaban J connectivity index is 1.81. The van der Waals surface area contributed by atoms with E-state index in [2.05, 4.69) is 17.6 Å². The first-order valence-electron chi connectivity index (χ1n) is 9.01. The van der Waals surface area contributed by atoms with Crippen molar-refractivity contribution in [1.29, 1.82) is 0 Å². The number of nitrogens with one attached hydrogen (secondary N) is 2. The maximum atomic E-state index is 12.6. The number of carbonyl (C=O) groups excluding carboxylic acids is 3. The standard InChI is InChI=1S/C19H28N4O3/c1-14(16-7-5-4-6-8-16)13-17(24)23-11-9-22(10-12-23)15(2)18(25)21-19(26)20-3/h4-8,14-15H,9-13H2,1-3H3,(H2,20,21,25,26)/t14-,15-/m1/s1. The Labute approximate surface area is 154 Å². The van der Waals surface area contributed by atoms with E-state index in [1.54, 1.807) is 6.92 Å². The second-order valence-corrected chi connectivity index (χ2v) is 6.68. The van der Waals surface area contributed by atoms with Gasteiger partial charge in [-0.1, -0.05) is 37.3 Å². The smallest absolute Gasteiger partial charge is 0.321 e. The number of carbonyl (C=O) groups is 3. The summed E-state index contributed by atoms with van der Waals surface area (Å²) in [7, 11) is 1.47. The molecule has 0 bridgehead atoms. The molecule has 1 aliphatic heterocycles. The van der Waals surface area contributed by atoms with Crippen molar-refractivity contribution < 1.29 is 14.4 Å². The molecule has 1 aromatic rings. The third-order valence-corrected chi connectivity index (χ3v) is 4.91. The minimum absolute atomic E-state index is 0.142. The molecule has 4 amide bonds. The van der Waals surface area contributed by atoms with Crippen LogP contribution in [-0.2, 0) is 9.59 Å². The zero-order valence-corrected chi connectivity index (χ0v) is 15.7. The molecular formula is C19H28N4O3. The van der Waals surface area contributed by atoms with Crippen molar-refractivity contribution in [2.24, 2.45) is 0 Å². The summed E-state index contributed by atoms with van der Waals surface area (Å²) in [5.74, 6) is -0.00992. The minimum Gasteiger partial charge on any atom is -0.341 e. The van der Waals surface area contributed by atoms with E-state index in [1.165, 1.54) is 12.6 Å². The van der Waals surface area contributed by atoms with Crippen molar-refractivity contribution in [2.45, 2.75) is 32.2 Å². The van der Waals surface area contributed by atoms with Crippen molar-refractivity contribution in [3.05, 3.63) is 35.9 Å². The van der Waals surface area contributed by atoms with Crippen molar-refractivity contribution in [2.75, 3.05) is 33.2 Å². The molecule has 26 heavy (non-hydrogen) atoms. The molecule has 0 radical (unpaired) electrons. The molecule has 7 heteroatoms. The van der Waals surface area contributed by atoms with E-state index in [0.29, 0.717) is 32.6 Å². The van der Waals surface area contributed by atoms with Gasteiger partial charge in [-0.15, -0.1) is 0 Å². The molecule has 0 aromatic heterocycles. The quantitative estimate of drug-likeness (QED) is 0.826. The van der Waals surface area contributed by atoms with E-state index in [4.69, 9.17) is 0 Å². The van der Waals surface area contributed by atoms with Gasteiger partial charge < -0.3 is 10.2 Å². The maximum Gasteiger partial charge on any atom is 0.321 e. The first kappa shape index (κ1) is 19.9. The number of piperazine rings is 1. The number of rotatable bonds is 5. The van der Waals surface area contributed by atoms with E-state index in [9.17, 15) is 14.4 Å². The van der Waals surface area contributed by atoms with Crippen LogP contribution in [-0.4, -0.2) is 66.9 Å². The SMILES string of the molecule is CNC(=O)NC(=O)[C@@H](C)N1CCN(C(=O)C[C@@H](C)c2ccccc2)CC1. The van der Waals surface area contributed by atoms with Crippen LogP contribution in [0.2, 0.25) is 0 Å². The normalized spacial score (nSPS) is 17.3. The fourth-order valence-corrected chi connectivity index (χ4v) is 3.09. The highest BCUT2D eigenvalue weighted by Crippen LogP contribution is 2.20. The van der Waals surface area contributed by atoms with E-state index >= 15 is 0 Å². The average Bonchev–Trinajstić information content (AvgIpc) is 2.67. The Bertz CT molecular complexity index is 627. The van der Waals surface area contributed by atoms with Gasteiger partial charge in [0.25, 0.3) is 0 Å². The summed E-state index contributed by atoms with van der Waals surface area (Å²) >= 11 is 0. The Morgan fingerprint density at radius 1 is 1.04 bits per heavy atom. The number of benzene rings is 1. The van der Waals surface area contributed by atoms with Crippen LogP contribution in [0.5, 0.6) is 0 Å². The van der Waals surface area contributed by atoms with Gasteiger partial charge in [-0.3, -0.25) is 19.8 Å². The summed E-state index contributed by atoms with van der Waals surface area (Å²) in [6.07, 6.45) is 0.483. The molecule has 1 fully saturated rings. The summed E-state index contributed by atoms with van der Waals surface area (Å²) in [4.78, 5) is 39.7. The minimum atomic E-state index is -0.509. The summed E-state index contributed by atoms with van der Waals surface area (Å²) in [5.41, 5.74) is 1.17. The highest BCUT2D eigenvalue weighted by atomic mass is 16.2. The topological polar surface area (TPSA) is 81.8 Å². The van der Waals surface area contributed by atoms with Crippen LogP contribution >= 0.6 is 0 Å². The van der Waals surface area contributed by atoms with Crippen LogP contribution in [0.3, 0.4) is 0 Å². The number of hydrogen-bond acceptors (Lipinski definition) is 4. The van der Waals surface area contributed by atoms with E-state index in [1.807, 2.05) is 40.1 Å². The predicted octanol–water partition coefficient (Wildman–Crippen LogP) is 1.17. The fourth-order valence-electron chi connectivity index (χ4n) is 3.09. The zero-order valence-electron chi connectivity index (χ0n) is 15.7. The Kier molecular flexibility index (Phi) is 7.15. The summed E-state index contributed by atoms with van der Waals surface area (Å²) in [6, 6.07) is 9.11. The lowest BCUT2D eigenvalue weighted by Crippen LogP contribution is -2.56. The van der Waals surface area contributed by atoms with Gasteiger partial charge in [0.15, 0.2) is 0 Å². The molecule has 7 nitrogen and oxygen atoms in total. The lowest BCUT2D eigenvalue weighted by atomic mass is 9.97. The number of amides is 4. The molecule has 1 aromatic carbocycles. The van der Waals surface area contributed by atoms with Gasteiger partial charge in [0.2, 0.25) is 11.8 Å². The molecule has 142 valence electrons. The van der Waals surface area contributed by atoms with Gasteiger partial charge in [-0.25, -0.2) is 4.79 Å². The first-order chi connectivity index (χ1) is 12.4. The van der Waals surface area contributed by atoms with E-state index in [0.717, 1.165) is 0 Å². The molecule has 0 aliphatic carbocycles. The molecular weight excluding hydrogens is 332 g/mol. The molecule has 1 heterocycles. The van der Waals surface area contributed by atoms with Crippen LogP contribution in [0.4, 0.5) is 4.79 Å². The number of hydrogen-bond donors (Lipinski definition) is 2. The molecule has 2 atom stereocenters. The van der Waals surface area contributed by atoms with Crippen LogP contribution in [0, 0.1) is 0 Å². The summed E-state index contributed by atoms with van der Waals surface area (Å²) in [5, 5.41) is 4.66. The van der Waals surface area contributed by atoms with Gasteiger partial charge in [0, 0.05) is 39.6 Å². The average molecular weight is 360 g/mol. The number of urea groups is 1. The number of nitrogens with zero attached hydrogens (tertiary/aromatic N) is 2. The zero-order chi connectivity index (χ0) is 19.1. The monoisotopic (exact) mass is 360 g/mol. The first-order valence-corrected chi connectivity index (χ1v) is 9.01. The Morgan fingerprint density at radius 3 is 2.23 bits per heavy atom. The lowest BCUT2D eigenvalue weighted by Gasteiger charge is -2.37. The summed E-state index contributed by atoms with van der Waals surface area (Å²) in [6.45, 7) is 6.26. The summed E-state index contributed by atoms with van der Waals surface area (Å²) < 4.78 is 0. The largest absolute Gasteiger partial charge is 0.341 e. The van der Waals surface area contributed by atoms with Gasteiger partial charge in [-0.2, -0.15) is 0 Å². The van der Waals surface area contributed by atoms with E-state index < -0.39 is 12.1 Å². The van der Waals surface area contributed by atoms with Gasteiger partial charge in [-0.05, 0) is 18.4 Å². The third kappa shape index (κ3) is 5.29. The third-order valence-electron chi connectivity index (χ3n) is 4.91. The fraction of sp³-hybridized carbons (Fsp3) is 0.526. The van der Waals surface area contributed by atoms with Crippen LogP contribution in [0.25, 0.3) is 0 Å². The lowest BCUT2D eigenvalue weighted by molar-refractivity contribution is -0.134. The molecule has 2 N–H and O–H groups in total. The van der Waals surface area contributed by atoms with Gasteiger partial charge in [0.05, 0.1) is 6.04 Å². The highest BCUT2D eigenvalue weighted by molar-refractivity contribution is 5.96. The van der Waals surface area contributed by atoms with Crippen molar-refractivity contribution in [3.8, 4) is 0 Å². The van der Waals surface area contributed by atoms with Crippen LogP contribution in [0.1, 0.15) is 31.7 Å².